The fourth-order valence-corrected chi connectivity index (χ4v) is 4.68. The number of ether oxygens (including phenoxy) is 2. The summed E-state index contributed by atoms with van der Waals surface area (Å²) >= 11 is 0. The number of benzene rings is 2. The highest BCUT2D eigenvalue weighted by molar-refractivity contribution is 7.89. The summed E-state index contributed by atoms with van der Waals surface area (Å²) in [6.45, 7) is 1.76. The molecule has 182 valence electrons. The summed E-state index contributed by atoms with van der Waals surface area (Å²) in [4.78, 5) is 28.8. The molecular formula is C24H24N4O6S. The maximum atomic E-state index is 13.0. The van der Waals surface area contributed by atoms with E-state index in [4.69, 9.17) is 9.47 Å². The standard InChI is InChI=1S/C24H24N4O6S/c1-15-23(29)28-19-14-18(7-9-20(19)34-15)27-24(30)16-6-8-21(33-2)22(13-16)35(31,32)26-12-10-17-5-3-4-11-25-17/h3-9,11,13-15,26H,10,12H2,1-2H3,(H,27,30)(H,28,29). The van der Waals surface area contributed by atoms with Gasteiger partial charge in [0.25, 0.3) is 11.8 Å². The number of pyridine rings is 1. The maximum absolute atomic E-state index is 13.0. The Labute approximate surface area is 202 Å². The van der Waals surface area contributed by atoms with E-state index in [1.165, 1.54) is 25.3 Å². The molecular weight excluding hydrogens is 472 g/mol. The van der Waals surface area contributed by atoms with Crippen molar-refractivity contribution in [3.63, 3.8) is 0 Å². The molecule has 2 aromatic carbocycles. The van der Waals surface area contributed by atoms with Gasteiger partial charge in [-0.3, -0.25) is 14.6 Å². The smallest absolute Gasteiger partial charge is 0.265 e. The van der Waals surface area contributed by atoms with E-state index in [1.807, 2.05) is 6.07 Å². The average Bonchev–Trinajstić information content (AvgIpc) is 2.85. The van der Waals surface area contributed by atoms with E-state index in [9.17, 15) is 18.0 Å². The molecule has 4 rings (SSSR count). The molecule has 1 aromatic heterocycles. The number of nitrogens with one attached hydrogen (secondary N) is 3. The molecule has 0 radical (unpaired) electrons. The van der Waals surface area contributed by atoms with Crippen molar-refractivity contribution in [3.8, 4) is 11.5 Å². The van der Waals surface area contributed by atoms with Crippen LogP contribution in [0.3, 0.4) is 0 Å². The van der Waals surface area contributed by atoms with Crippen LogP contribution in [0.4, 0.5) is 11.4 Å². The second-order valence-electron chi connectivity index (χ2n) is 7.75. The molecule has 1 unspecified atom stereocenters. The van der Waals surface area contributed by atoms with Gasteiger partial charge in [0.05, 0.1) is 12.8 Å². The van der Waals surface area contributed by atoms with E-state index in [0.29, 0.717) is 23.5 Å². The van der Waals surface area contributed by atoms with Crippen molar-refractivity contribution in [1.82, 2.24) is 9.71 Å². The maximum Gasteiger partial charge on any atom is 0.265 e. The molecule has 0 saturated heterocycles. The summed E-state index contributed by atoms with van der Waals surface area (Å²) < 4.78 is 39.2. The lowest BCUT2D eigenvalue weighted by Crippen LogP contribution is -2.34. The van der Waals surface area contributed by atoms with Crippen LogP contribution in [0.1, 0.15) is 23.0 Å². The number of carbonyl (C=O) groups excluding carboxylic acids is 2. The molecule has 0 bridgehead atoms. The summed E-state index contributed by atoms with van der Waals surface area (Å²) in [5.74, 6) is -0.227. The van der Waals surface area contributed by atoms with Crippen LogP contribution < -0.4 is 24.8 Å². The zero-order chi connectivity index (χ0) is 25.0. The highest BCUT2D eigenvalue weighted by Crippen LogP contribution is 2.32. The first-order valence-corrected chi connectivity index (χ1v) is 12.3. The minimum absolute atomic E-state index is 0.106. The Bertz CT molecular complexity index is 1360. The Morgan fingerprint density at radius 3 is 2.74 bits per heavy atom. The molecule has 0 saturated carbocycles. The van der Waals surface area contributed by atoms with Gasteiger partial charge < -0.3 is 20.1 Å². The van der Waals surface area contributed by atoms with Crippen LogP contribution in [0.15, 0.2) is 65.7 Å². The van der Waals surface area contributed by atoms with E-state index in [2.05, 4.69) is 20.3 Å². The summed E-state index contributed by atoms with van der Waals surface area (Å²) in [7, 11) is -2.62. The molecule has 3 N–H and O–H groups in total. The normalized spacial score (nSPS) is 14.9. The number of rotatable bonds is 8. The molecule has 11 heteroatoms. The Morgan fingerprint density at radius 2 is 2.00 bits per heavy atom. The fourth-order valence-electron chi connectivity index (χ4n) is 3.45. The van der Waals surface area contributed by atoms with Crippen molar-refractivity contribution in [2.24, 2.45) is 0 Å². The third kappa shape index (κ3) is 5.58. The number of amides is 2. The van der Waals surface area contributed by atoms with Crippen LogP contribution >= 0.6 is 0 Å². The molecule has 10 nitrogen and oxygen atoms in total. The van der Waals surface area contributed by atoms with Crippen LogP contribution in [-0.4, -0.2) is 45.0 Å². The van der Waals surface area contributed by atoms with Gasteiger partial charge in [-0.25, -0.2) is 13.1 Å². The van der Waals surface area contributed by atoms with Crippen LogP contribution in [0, 0.1) is 0 Å². The second kappa shape index (κ2) is 10.1. The largest absolute Gasteiger partial charge is 0.495 e. The molecule has 2 heterocycles. The van der Waals surface area contributed by atoms with Gasteiger partial charge in [0, 0.05) is 36.1 Å². The molecule has 1 aliphatic heterocycles. The van der Waals surface area contributed by atoms with E-state index < -0.39 is 22.0 Å². The minimum atomic E-state index is -3.97. The SMILES string of the molecule is COc1ccc(C(=O)Nc2ccc3c(c2)NC(=O)C(C)O3)cc1S(=O)(=O)NCCc1ccccn1. The van der Waals surface area contributed by atoms with Crippen molar-refractivity contribution in [2.45, 2.75) is 24.3 Å². The average molecular weight is 497 g/mol. The molecule has 0 aliphatic carbocycles. The van der Waals surface area contributed by atoms with E-state index in [-0.39, 0.29) is 28.7 Å². The fraction of sp³-hybridized carbons (Fsp3) is 0.208. The zero-order valence-electron chi connectivity index (χ0n) is 19.1. The molecule has 35 heavy (non-hydrogen) atoms. The summed E-state index contributed by atoms with van der Waals surface area (Å²) in [6, 6.07) is 14.4. The van der Waals surface area contributed by atoms with Gasteiger partial charge in [-0.05, 0) is 55.5 Å². The van der Waals surface area contributed by atoms with Crippen molar-refractivity contribution >= 4 is 33.2 Å². The number of methoxy groups -OCH3 is 1. The van der Waals surface area contributed by atoms with E-state index in [0.717, 1.165) is 5.69 Å². The first-order chi connectivity index (χ1) is 16.8. The minimum Gasteiger partial charge on any atom is -0.495 e. The van der Waals surface area contributed by atoms with Crippen LogP contribution in [0.25, 0.3) is 0 Å². The lowest BCUT2D eigenvalue weighted by molar-refractivity contribution is -0.122. The summed E-state index contributed by atoms with van der Waals surface area (Å²) in [6.07, 6.45) is 1.43. The first kappa shape index (κ1) is 24.2. The number of carbonyl (C=O) groups is 2. The third-order valence-electron chi connectivity index (χ3n) is 5.28. The van der Waals surface area contributed by atoms with Crippen molar-refractivity contribution < 1.29 is 27.5 Å². The number of nitrogens with zero attached hydrogens (tertiary/aromatic N) is 1. The molecule has 0 fully saturated rings. The first-order valence-electron chi connectivity index (χ1n) is 10.8. The highest BCUT2D eigenvalue weighted by atomic mass is 32.2. The predicted octanol–water partition coefficient (Wildman–Crippen LogP) is 2.58. The number of fused-ring (bicyclic) bond motifs is 1. The highest BCUT2D eigenvalue weighted by Gasteiger charge is 2.24. The Hall–Kier alpha value is -3.96. The second-order valence-corrected chi connectivity index (χ2v) is 9.48. The number of aromatic nitrogens is 1. The number of sulfonamides is 1. The molecule has 1 aliphatic rings. The lowest BCUT2D eigenvalue weighted by Gasteiger charge is -2.23. The molecule has 0 spiro atoms. The summed E-state index contributed by atoms with van der Waals surface area (Å²) in [5, 5.41) is 5.42. The van der Waals surface area contributed by atoms with Crippen molar-refractivity contribution in [3.05, 3.63) is 72.1 Å². The number of hydrogen-bond acceptors (Lipinski definition) is 7. The van der Waals surface area contributed by atoms with Gasteiger partial charge in [0.2, 0.25) is 10.0 Å². The number of anilines is 2. The summed E-state index contributed by atoms with van der Waals surface area (Å²) in [5.41, 5.74) is 1.70. The van der Waals surface area contributed by atoms with Gasteiger partial charge in [-0.15, -0.1) is 0 Å². The van der Waals surface area contributed by atoms with Gasteiger partial charge in [0.15, 0.2) is 6.10 Å². The Morgan fingerprint density at radius 1 is 1.17 bits per heavy atom. The number of hydrogen-bond donors (Lipinski definition) is 3. The van der Waals surface area contributed by atoms with Gasteiger partial charge in [-0.2, -0.15) is 0 Å². The predicted molar refractivity (Wildman–Crippen MR) is 129 cm³/mol. The Balaban J connectivity index is 1.50. The third-order valence-corrected chi connectivity index (χ3v) is 6.77. The van der Waals surface area contributed by atoms with Gasteiger partial charge in [-0.1, -0.05) is 6.07 Å². The van der Waals surface area contributed by atoms with E-state index >= 15 is 0 Å². The molecule has 1 atom stereocenters. The zero-order valence-corrected chi connectivity index (χ0v) is 19.9. The van der Waals surface area contributed by atoms with Gasteiger partial charge >= 0.3 is 0 Å². The van der Waals surface area contributed by atoms with E-state index in [1.54, 1.807) is 43.5 Å². The van der Waals surface area contributed by atoms with Crippen LogP contribution in [-0.2, 0) is 21.2 Å². The lowest BCUT2D eigenvalue weighted by atomic mass is 10.1. The monoisotopic (exact) mass is 496 g/mol. The van der Waals surface area contributed by atoms with Gasteiger partial charge in [0.1, 0.15) is 16.4 Å². The van der Waals surface area contributed by atoms with Crippen LogP contribution in [0.5, 0.6) is 11.5 Å². The molecule has 3 aromatic rings. The Kier molecular flexibility index (Phi) is 6.99. The van der Waals surface area contributed by atoms with Crippen molar-refractivity contribution in [2.75, 3.05) is 24.3 Å². The quantitative estimate of drug-likeness (QED) is 0.436. The van der Waals surface area contributed by atoms with Crippen LogP contribution in [0.2, 0.25) is 0 Å². The molecule has 2 amide bonds. The topological polar surface area (TPSA) is 136 Å². The van der Waals surface area contributed by atoms with Crippen molar-refractivity contribution in [1.29, 1.82) is 0 Å².